The van der Waals surface area contributed by atoms with E-state index in [4.69, 9.17) is 28.2 Å². The first-order valence-corrected chi connectivity index (χ1v) is 11.8. The van der Waals surface area contributed by atoms with Crippen LogP contribution in [0.4, 0.5) is 11.4 Å². The molecule has 4 aromatic rings. The second kappa shape index (κ2) is 9.76. The maximum Gasteiger partial charge on any atom is 0.0637 e. The molecular weight excluding hydrogens is 425 g/mol. The summed E-state index contributed by atoms with van der Waals surface area (Å²) in [7, 11) is 0. The Kier molecular flexibility index (Phi) is 6.84. The number of anilines is 1. The number of benzene rings is 3. The standard InChI is InChI=1S/C26H27Cl2N3/c1-3-31-25-7-5-4-6-23(25)24-17-21(9-11-26(24)31)29-18-20-8-10-22(16-19(20)2)30(14-12-27)15-13-28/h4-11,16-18H,3,12-15H2,1-2H3. The fourth-order valence-electron chi connectivity index (χ4n) is 4.18. The van der Waals surface area contributed by atoms with E-state index in [1.165, 1.54) is 27.4 Å². The van der Waals surface area contributed by atoms with Gasteiger partial charge in [0.2, 0.25) is 0 Å². The zero-order valence-electron chi connectivity index (χ0n) is 18.0. The summed E-state index contributed by atoms with van der Waals surface area (Å²) < 4.78 is 2.36. The van der Waals surface area contributed by atoms with Crippen molar-refractivity contribution in [2.45, 2.75) is 20.4 Å². The highest BCUT2D eigenvalue weighted by Gasteiger charge is 2.10. The quantitative estimate of drug-likeness (QED) is 0.205. The molecule has 0 radical (unpaired) electrons. The highest BCUT2D eigenvalue weighted by molar-refractivity contribution is 6.18. The minimum Gasteiger partial charge on any atom is -0.369 e. The first-order valence-electron chi connectivity index (χ1n) is 10.7. The van der Waals surface area contributed by atoms with Crippen molar-refractivity contribution in [3.05, 3.63) is 71.8 Å². The molecule has 0 aliphatic carbocycles. The van der Waals surface area contributed by atoms with E-state index >= 15 is 0 Å². The van der Waals surface area contributed by atoms with Crippen molar-refractivity contribution in [2.75, 3.05) is 29.7 Å². The minimum atomic E-state index is 0.579. The van der Waals surface area contributed by atoms with Crippen LogP contribution in [0.25, 0.3) is 21.8 Å². The lowest BCUT2D eigenvalue weighted by atomic mass is 10.1. The van der Waals surface area contributed by atoms with Crippen molar-refractivity contribution < 1.29 is 0 Å². The lowest BCUT2D eigenvalue weighted by Gasteiger charge is -2.23. The molecule has 3 nitrogen and oxygen atoms in total. The van der Waals surface area contributed by atoms with Crippen LogP contribution < -0.4 is 4.90 Å². The molecule has 0 amide bonds. The third kappa shape index (κ3) is 4.44. The normalized spacial score (nSPS) is 11.7. The number of aliphatic imine (C=N–C) groups is 1. The predicted octanol–water partition coefficient (Wildman–Crippen LogP) is 7.16. The number of aryl methyl sites for hydroxylation is 2. The highest BCUT2D eigenvalue weighted by atomic mass is 35.5. The van der Waals surface area contributed by atoms with E-state index in [0.717, 1.165) is 36.6 Å². The Bertz CT molecular complexity index is 1220. The molecule has 1 heterocycles. The summed E-state index contributed by atoms with van der Waals surface area (Å²) in [6, 6.07) is 21.4. The molecule has 0 fully saturated rings. The molecule has 0 bridgehead atoms. The largest absolute Gasteiger partial charge is 0.369 e. The Morgan fingerprint density at radius 2 is 1.65 bits per heavy atom. The number of aromatic nitrogens is 1. The smallest absolute Gasteiger partial charge is 0.0637 e. The van der Waals surface area contributed by atoms with Gasteiger partial charge in [0.25, 0.3) is 0 Å². The van der Waals surface area contributed by atoms with Crippen LogP contribution in [0.2, 0.25) is 0 Å². The molecule has 5 heteroatoms. The molecule has 31 heavy (non-hydrogen) atoms. The molecular formula is C26H27Cl2N3. The van der Waals surface area contributed by atoms with Crippen molar-refractivity contribution in [2.24, 2.45) is 4.99 Å². The van der Waals surface area contributed by atoms with Gasteiger partial charge in [-0.3, -0.25) is 4.99 Å². The number of fused-ring (bicyclic) bond motifs is 3. The van der Waals surface area contributed by atoms with E-state index in [-0.39, 0.29) is 0 Å². The Labute approximate surface area is 193 Å². The minimum absolute atomic E-state index is 0.579. The maximum atomic E-state index is 5.95. The number of rotatable bonds is 8. The Morgan fingerprint density at radius 3 is 2.35 bits per heavy atom. The zero-order chi connectivity index (χ0) is 21.8. The van der Waals surface area contributed by atoms with Crippen molar-refractivity contribution in [3.63, 3.8) is 0 Å². The average Bonchev–Trinajstić information content (AvgIpc) is 3.11. The molecule has 4 rings (SSSR count). The Hall–Kier alpha value is -2.49. The van der Waals surface area contributed by atoms with Gasteiger partial charge in [0, 0.05) is 65.1 Å². The molecule has 0 atom stereocenters. The lowest BCUT2D eigenvalue weighted by Crippen LogP contribution is -2.27. The third-order valence-electron chi connectivity index (χ3n) is 5.75. The van der Waals surface area contributed by atoms with Crippen LogP contribution in [0.5, 0.6) is 0 Å². The first-order chi connectivity index (χ1) is 15.2. The zero-order valence-corrected chi connectivity index (χ0v) is 19.5. The van der Waals surface area contributed by atoms with Crippen LogP contribution in [0, 0.1) is 6.92 Å². The molecule has 0 aliphatic heterocycles. The van der Waals surface area contributed by atoms with Crippen LogP contribution in [-0.2, 0) is 6.54 Å². The van der Waals surface area contributed by atoms with Gasteiger partial charge in [-0.05, 0) is 61.4 Å². The fraction of sp³-hybridized carbons (Fsp3) is 0.269. The summed E-state index contributed by atoms with van der Waals surface area (Å²) in [5.74, 6) is 1.16. The SMILES string of the molecule is CCn1c2ccccc2c2cc(N=Cc3ccc(N(CCCl)CCCl)cc3C)ccc21. The predicted molar refractivity (Wildman–Crippen MR) is 137 cm³/mol. The number of hydrogen-bond donors (Lipinski definition) is 0. The van der Waals surface area contributed by atoms with Crippen molar-refractivity contribution in [1.82, 2.24) is 4.57 Å². The van der Waals surface area contributed by atoms with Gasteiger partial charge in [0.1, 0.15) is 0 Å². The first kappa shape index (κ1) is 21.7. The summed E-state index contributed by atoms with van der Waals surface area (Å²) in [6.07, 6.45) is 1.95. The second-order valence-electron chi connectivity index (χ2n) is 7.63. The van der Waals surface area contributed by atoms with Gasteiger partial charge in [-0.25, -0.2) is 0 Å². The van der Waals surface area contributed by atoms with Crippen LogP contribution >= 0.6 is 23.2 Å². The number of hydrogen-bond acceptors (Lipinski definition) is 2. The molecule has 0 N–H and O–H groups in total. The molecule has 3 aromatic carbocycles. The van der Waals surface area contributed by atoms with Gasteiger partial charge < -0.3 is 9.47 Å². The van der Waals surface area contributed by atoms with Crippen LogP contribution in [0.3, 0.4) is 0 Å². The Balaban J connectivity index is 1.64. The number of alkyl halides is 2. The maximum absolute atomic E-state index is 5.95. The van der Waals surface area contributed by atoms with E-state index in [9.17, 15) is 0 Å². The number of para-hydroxylation sites is 1. The molecule has 0 saturated heterocycles. The molecule has 0 unspecified atom stereocenters. The van der Waals surface area contributed by atoms with E-state index in [1.54, 1.807) is 0 Å². The summed E-state index contributed by atoms with van der Waals surface area (Å²) in [5, 5.41) is 2.52. The van der Waals surface area contributed by atoms with Crippen molar-refractivity contribution in [3.8, 4) is 0 Å². The fourth-order valence-corrected chi connectivity index (χ4v) is 4.59. The van der Waals surface area contributed by atoms with Gasteiger partial charge >= 0.3 is 0 Å². The van der Waals surface area contributed by atoms with E-state index in [2.05, 4.69) is 84.0 Å². The average molecular weight is 452 g/mol. The molecule has 160 valence electrons. The van der Waals surface area contributed by atoms with E-state index in [1.807, 2.05) is 6.21 Å². The topological polar surface area (TPSA) is 20.5 Å². The monoisotopic (exact) mass is 451 g/mol. The van der Waals surface area contributed by atoms with Gasteiger partial charge in [-0.15, -0.1) is 23.2 Å². The third-order valence-corrected chi connectivity index (χ3v) is 6.09. The van der Waals surface area contributed by atoms with Crippen molar-refractivity contribution >= 4 is 62.6 Å². The molecule has 0 saturated carbocycles. The Morgan fingerprint density at radius 1 is 0.903 bits per heavy atom. The number of nitrogens with zero attached hydrogens (tertiary/aromatic N) is 3. The van der Waals surface area contributed by atoms with Crippen LogP contribution in [0.15, 0.2) is 65.7 Å². The second-order valence-corrected chi connectivity index (χ2v) is 8.38. The molecule has 1 aromatic heterocycles. The van der Waals surface area contributed by atoms with Gasteiger partial charge in [-0.1, -0.05) is 24.3 Å². The summed E-state index contributed by atoms with van der Waals surface area (Å²) in [4.78, 5) is 7.00. The summed E-state index contributed by atoms with van der Waals surface area (Å²) in [6.45, 7) is 6.82. The molecule has 0 spiro atoms. The van der Waals surface area contributed by atoms with Crippen LogP contribution in [-0.4, -0.2) is 35.6 Å². The molecule has 0 aliphatic rings. The van der Waals surface area contributed by atoms with Gasteiger partial charge in [0.05, 0.1) is 5.69 Å². The van der Waals surface area contributed by atoms with Gasteiger partial charge in [-0.2, -0.15) is 0 Å². The van der Waals surface area contributed by atoms with Gasteiger partial charge in [0.15, 0.2) is 0 Å². The highest BCUT2D eigenvalue weighted by Crippen LogP contribution is 2.31. The number of halogens is 2. The summed E-state index contributed by atoms with van der Waals surface area (Å²) >= 11 is 11.9. The van der Waals surface area contributed by atoms with Crippen molar-refractivity contribution in [1.29, 1.82) is 0 Å². The van der Waals surface area contributed by atoms with E-state index in [0.29, 0.717) is 11.8 Å². The van der Waals surface area contributed by atoms with Crippen LogP contribution in [0.1, 0.15) is 18.1 Å². The van der Waals surface area contributed by atoms with E-state index < -0.39 is 0 Å². The summed E-state index contributed by atoms with van der Waals surface area (Å²) in [5.41, 5.74) is 6.91. The lowest BCUT2D eigenvalue weighted by molar-refractivity contribution is 0.827.